The molecule has 0 aliphatic carbocycles. The Morgan fingerprint density at radius 1 is 1.19 bits per heavy atom. The lowest BCUT2D eigenvalue weighted by atomic mass is 9.92. The Balaban J connectivity index is 2.68. The quantitative estimate of drug-likeness (QED) is 0.790. The Bertz CT molecular complexity index is 347. The molecule has 0 saturated heterocycles. The van der Waals surface area contributed by atoms with Gasteiger partial charge in [-0.1, -0.05) is 44.0 Å². The first kappa shape index (κ1) is 13.5. The minimum Gasteiger partial charge on any atom is -0.399 e. The minimum atomic E-state index is 0.291. The van der Waals surface area contributed by atoms with E-state index in [0.29, 0.717) is 21.1 Å². The lowest BCUT2D eigenvalue weighted by Gasteiger charge is -2.19. The molecule has 16 heavy (non-hydrogen) atoms. The molecule has 1 rings (SSSR count). The van der Waals surface area contributed by atoms with Gasteiger partial charge in [0, 0.05) is 12.2 Å². The molecule has 0 heterocycles. The van der Waals surface area contributed by atoms with Crippen molar-refractivity contribution in [3.63, 3.8) is 0 Å². The molecular weight excluding hydrogens is 243 g/mol. The van der Waals surface area contributed by atoms with Crippen LogP contribution in [0.2, 0.25) is 10.0 Å². The highest BCUT2D eigenvalue weighted by Gasteiger charge is 2.11. The van der Waals surface area contributed by atoms with Gasteiger partial charge >= 0.3 is 0 Å². The first-order chi connectivity index (χ1) is 7.29. The van der Waals surface area contributed by atoms with Crippen molar-refractivity contribution in [3.05, 3.63) is 22.2 Å². The van der Waals surface area contributed by atoms with Crippen molar-refractivity contribution in [2.24, 2.45) is 5.41 Å². The van der Waals surface area contributed by atoms with Gasteiger partial charge in [-0.3, -0.25) is 0 Å². The maximum atomic E-state index is 6.06. The van der Waals surface area contributed by atoms with E-state index in [0.717, 1.165) is 18.7 Å². The second-order valence-electron chi connectivity index (χ2n) is 5.10. The van der Waals surface area contributed by atoms with E-state index in [9.17, 15) is 0 Å². The fourth-order valence-electron chi connectivity index (χ4n) is 1.32. The summed E-state index contributed by atoms with van der Waals surface area (Å²) in [6, 6.07) is 3.40. The van der Waals surface area contributed by atoms with Crippen molar-refractivity contribution < 1.29 is 0 Å². The highest BCUT2D eigenvalue weighted by Crippen LogP contribution is 2.33. The van der Waals surface area contributed by atoms with Crippen LogP contribution in [0, 0.1) is 5.41 Å². The Morgan fingerprint density at radius 3 is 2.12 bits per heavy atom. The van der Waals surface area contributed by atoms with Gasteiger partial charge in [-0.15, -0.1) is 0 Å². The van der Waals surface area contributed by atoms with Gasteiger partial charge in [0.2, 0.25) is 0 Å². The summed E-state index contributed by atoms with van der Waals surface area (Å²) in [7, 11) is 0. The standard InChI is InChI=1S/C12H18Cl2N2/c1-12(2,3)4-5-16-11-9(13)6-8(15)7-10(11)14/h6-7,16H,4-5,15H2,1-3H3. The maximum absolute atomic E-state index is 6.06. The molecule has 0 unspecified atom stereocenters. The van der Waals surface area contributed by atoms with Gasteiger partial charge in [-0.05, 0) is 24.0 Å². The predicted molar refractivity (Wildman–Crippen MR) is 73.4 cm³/mol. The Morgan fingerprint density at radius 2 is 1.69 bits per heavy atom. The van der Waals surface area contributed by atoms with E-state index in [2.05, 4.69) is 26.1 Å². The zero-order valence-electron chi connectivity index (χ0n) is 9.90. The van der Waals surface area contributed by atoms with Crippen molar-refractivity contribution >= 4 is 34.6 Å². The lowest BCUT2D eigenvalue weighted by Crippen LogP contribution is -2.13. The van der Waals surface area contributed by atoms with Crippen molar-refractivity contribution in [2.45, 2.75) is 27.2 Å². The summed E-state index contributed by atoms with van der Waals surface area (Å²) in [4.78, 5) is 0. The molecule has 2 nitrogen and oxygen atoms in total. The van der Waals surface area contributed by atoms with Crippen LogP contribution in [0.25, 0.3) is 0 Å². The number of nitrogens with two attached hydrogens (primary N) is 1. The predicted octanol–water partition coefficient (Wildman–Crippen LogP) is 4.42. The van der Waals surface area contributed by atoms with Crippen LogP contribution >= 0.6 is 23.2 Å². The summed E-state index contributed by atoms with van der Waals surface area (Å²) in [5.41, 5.74) is 7.27. The number of nitrogens with one attached hydrogen (secondary N) is 1. The highest BCUT2D eigenvalue weighted by atomic mass is 35.5. The maximum Gasteiger partial charge on any atom is 0.0720 e. The van der Waals surface area contributed by atoms with E-state index in [1.54, 1.807) is 12.1 Å². The van der Waals surface area contributed by atoms with Crippen LogP contribution in [0.4, 0.5) is 11.4 Å². The fourth-order valence-corrected chi connectivity index (χ4v) is 1.96. The van der Waals surface area contributed by atoms with E-state index < -0.39 is 0 Å². The van der Waals surface area contributed by atoms with Crippen LogP contribution in [0.5, 0.6) is 0 Å². The zero-order valence-corrected chi connectivity index (χ0v) is 11.4. The van der Waals surface area contributed by atoms with Crippen LogP contribution in [0.1, 0.15) is 27.2 Å². The summed E-state index contributed by atoms with van der Waals surface area (Å²) in [5, 5.41) is 4.38. The van der Waals surface area contributed by atoms with E-state index in [1.807, 2.05) is 0 Å². The van der Waals surface area contributed by atoms with Gasteiger partial charge in [0.15, 0.2) is 0 Å². The van der Waals surface area contributed by atoms with E-state index in [-0.39, 0.29) is 0 Å². The molecule has 0 aliphatic rings. The summed E-state index contributed by atoms with van der Waals surface area (Å²) < 4.78 is 0. The molecule has 1 aromatic carbocycles. The molecule has 3 N–H and O–H groups in total. The Hall–Kier alpha value is -0.600. The molecule has 0 atom stereocenters. The van der Waals surface area contributed by atoms with Crippen LogP contribution < -0.4 is 11.1 Å². The third-order valence-electron chi connectivity index (χ3n) is 2.24. The van der Waals surface area contributed by atoms with E-state index in [4.69, 9.17) is 28.9 Å². The van der Waals surface area contributed by atoms with Crippen LogP contribution in [0.3, 0.4) is 0 Å². The number of hydrogen-bond donors (Lipinski definition) is 2. The monoisotopic (exact) mass is 260 g/mol. The molecule has 0 spiro atoms. The van der Waals surface area contributed by atoms with Gasteiger partial charge in [0.1, 0.15) is 0 Å². The number of benzene rings is 1. The summed E-state index contributed by atoms with van der Waals surface area (Å²) in [6.45, 7) is 7.43. The Kier molecular flexibility index (Phi) is 4.34. The second-order valence-corrected chi connectivity index (χ2v) is 5.91. The molecule has 0 saturated carbocycles. The SMILES string of the molecule is CC(C)(C)CCNc1c(Cl)cc(N)cc1Cl. The molecule has 1 aromatic rings. The minimum absolute atomic E-state index is 0.291. The third kappa shape index (κ3) is 4.11. The van der Waals surface area contributed by atoms with Crippen LogP contribution in [-0.4, -0.2) is 6.54 Å². The van der Waals surface area contributed by atoms with E-state index >= 15 is 0 Å². The number of halogens is 2. The van der Waals surface area contributed by atoms with E-state index in [1.165, 1.54) is 0 Å². The van der Waals surface area contributed by atoms with Gasteiger partial charge in [-0.25, -0.2) is 0 Å². The van der Waals surface area contributed by atoms with Crippen molar-refractivity contribution in [2.75, 3.05) is 17.6 Å². The summed E-state index contributed by atoms with van der Waals surface area (Å²) in [5.74, 6) is 0. The first-order valence-electron chi connectivity index (χ1n) is 5.28. The van der Waals surface area contributed by atoms with Gasteiger partial charge in [-0.2, -0.15) is 0 Å². The summed E-state index contributed by atoms with van der Waals surface area (Å²) >= 11 is 12.1. The smallest absolute Gasteiger partial charge is 0.0720 e. The first-order valence-corrected chi connectivity index (χ1v) is 6.03. The third-order valence-corrected chi connectivity index (χ3v) is 2.84. The topological polar surface area (TPSA) is 38.0 Å². The Labute approximate surface area is 107 Å². The van der Waals surface area contributed by atoms with Crippen LogP contribution in [-0.2, 0) is 0 Å². The number of hydrogen-bond acceptors (Lipinski definition) is 2. The number of rotatable bonds is 3. The molecule has 90 valence electrons. The van der Waals surface area contributed by atoms with Gasteiger partial charge in [0.25, 0.3) is 0 Å². The summed E-state index contributed by atoms with van der Waals surface area (Å²) in [6.07, 6.45) is 1.05. The van der Waals surface area contributed by atoms with Crippen LogP contribution in [0.15, 0.2) is 12.1 Å². The highest BCUT2D eigenvalue weighted by molar-refractivity contribution is 6.39. The molecule has 0 aliphatic heterocycles. The number of nitrogen functional groups attached to an aromatic ring is 1. The largest absolute Gasteiger partial charge is 0.399 e. The molecular formula is C12H18Cl2N2. The lowest BCUT2D eigenvalue weighted by molar-refractivity contribution is 0.390. The molecule has 0 fully saturated rings. The normalized spacial score (nSPS) is 11.6. The van der Waals surface area contributed by atoms with Gasteiger partial charge < -0.3 is 11.1 Å². The number of anilines is 2. The molecule has 0 radical (unpaired) electrons. The zero-order chi connectivity index (χ0) is 12.3. The fraction of sp³-hybridized carbons (Fsp3) is 0.500. The average molecular weight is 261 g/mol. The average Bonchev–Trinajstić information content (AvgIpc) is 2.07. The molecule has 0 amide bonds. The van der Waals surface area contributed by atoms with Gasteiger partial charge in [0.05, 0.1) is 15.7 Å². The van der Waals surface area contributed by atoms with Crippen molar-refractivity contribution in [3.8, 4) is 0 Å². The van der Waals surface area contributed by atoms with Crippen molar-refractivity contribution in [1.29, 1.82) is 0 Å². The molecule has 0 bridgehead atoms. The molecule has 0 aromatic heterocycles. The molecule has 4 heteroatoms. The second kappa shape index (κ2) is 5.15. The van der Waals surface area contributed by atoms with Crippen molar-refractivity contribution in [1.82, 2.24) is 0 Å².